The Hall–Kier alpha value is -1.75. The van der Waals surface area contributed by atoms with Crippen molar-refractivity contribution in [3.05, 3.63) is 23.8 Å². The minimum atomic E-state index is -0.448. The van der Waals surface area contributed by atoms with Gasteiger partial charge in [0.25, 0.3) is 5.91 Å². The maximum Gasteiger partial charge on any atom is 0.250 e. The van der Waals surface area contributed by atoms with Crippen LogP contribution in [0.1, 0.15) is 17.3 Å². The van der Waals surface area contributed by atoms with Crippen LogP contribution >= 0.6 is 0 Å². The second kappa shape index (κ2) is 6.10. The predicted octanol–water partition coefficient (Wildman–Crippen LogP) is 0.731. The third-order valence-corrected chi connectivity index (χ3v) is 2.66. The molecule has 1 aromatic carbocycles. The van der Waals surface area contributed by atoms with Crippen LogP contribution in [0.5, 0.6) is 0 Å². The Balaban J connectivity index is 2.68. The molecule has 0 fully saturated rings. The van der Waals surface area contributed by atoms with Crippen LogP contribution in [-0.2, 0) is 0 Å². The Morgan fingerprint density at radius 3 is 2.76 bits per heavy atom. The van der Waals surface area contributed by atoms with Crippen molar-refractivity contribution in [2.75, 3.05) is 37.7 Å². The second-order valence-electron chi connectivity index (χ2n) is 3.99. The lowest BCUT2D eigenvalue weighted by Crippen LogP contribution is -2.25. The zero-order valence-electron chi connectivity index (χ0n) is 10.4. The van der Waals surface area contributed by atoms with Gasteiger partial charge in [-0.2, -0.15) is 0 Å². The minimum Gasteiger partial charge on any atom is -0.399 e. The van der Waals surface area contributed by atoms with E-state index < -0.39 is 5.91 Å². The first kappa shape index (κ1) is 13.3. The molecule has 1 rings (SSSR count). The molecule has 0 aromatic heterocycles. The monoisotopic (exact) mass is 236 g/mol. The van der Waals surface area contributed by atoms with Gasteiger partial charge >= 0.3 is 0 Å². The van der Waals surface area contributed by atoms with Crippen LogP contribution in [0.15, 0.2) is 18.2 Å². The fraction of sp³-hybridized carbons (Fsp3) is 0.417. The number of hydrogen-bond donors (Lipinski definition) is 3. The molecule has 0 aliphatic heterocycles. The molecule has 17 heavy (non-hydrogen) atoms. The van der Waals surface area contributed by atoms with Crippen molar-refractivity contribution in [3.8, 4) is 0 Å². The van der Waals surface area contributed by atoms with Crippen molar-refractivity contribution in [3.63, 3.8) is 0 Å². The molecule has 0 heterocycles. The summed E-state index contributed by atoms with van der Waals surface area (Å²) in [7, 11) is 2.04. The highest BCUT2D eigenvalue weighted by Gasteiger charge is 2.07. The highest BCUT2D eigenvalue weighted by atomic mass is 16.1. The molecule has 0 spiro atoms. The Morgan fingerprint density at radius 1 is 1.47 bits per heavy atom. The molecule has 5 heteroatoms. The molecule has 0 aliphatic carbocycles. The number of carbonyl (C=O) groups is 1. The van der Waals surface area contributed by atoms with E-state index in [4.69, 9.17) is 11.5 Å². The molecule has 0 unspecified atom stereocenters. The lowest BCUT2D eigenvalue weighted by Gasteiger charge is -2.16. The number of benzene rings is 1. The number of hydrogen-bond acceptors (Lipinski definition) is 4. The van der Waals surface area contributed by atoms with E-state index >= 15 is 0 Å². The number of primary amides is 1. The van der Waals surface area contributed by atoms with Crippen LogP contribution in [0.2, 0.25) is 0 Å². The number of carbonyl (C=O) groups excluding carboxylic acids is 1. The van der Waals surface area contributed by atoms with E-state index in [0.717, 1.165) is 19.6 Å². The number of nitrogens with two attached hydrogens (primary N) is 2. The van der Waals surface area contributed by atoms with Gasteiger partial charge in [0.05, 0.1) is 5.56 Å². The van der Waals surface area contributed by atoms with Crippen LogP contribution in [0, 0.1) is 0 Å². The van der Waals surface area contributed by atoms with Crippen molar-refractivity contribution in [2.45, 2.75) is 6.92 Å². The Bertz CT molecular complexity index is 392. The Labute approximate surface area is 102 Å². The lowest BCUT2D eigenvalue weighted by molar-refractivity contribution is 0.100. The third kappa shape index (κ3) is 3.96. The highest BCUT2D eigenvalue weighted by Crippen LogP contribution is 2.18. The largest absolute Gasteiger partial charge is 0.399 e. The standard InChI is InChI=1S/C12H20N4O/c1-3-16(2)7-6-15-11-8-9(13)4-5-10(11)12(14)17/h4-5,8,15H,3,6-7,13H2,1-2H3,(H2,14,17). The molecule has 0 saturated heterocycles. The van der Waals surface area contributed by atoms with E-state index in [1.165, 1.54) is 0 Å². The summed E-state index contributed by atoms with van der Waals surface area (Å²) in [4.78, 5) is 13.4. The number of anilines is 2. The van der Waals surface area contributed by atoms with Crippen molar-refractivity contribution in [2.24, 2.45) is 5.73 Å². The summed E-state index contributed by atoms with van der Waals surface area (Å²) in [5, 5.41) is 3.18. The van der Waals surface area contributed by atoms with Gasteiger partial charge < -0.3 is 21.7 Å². The van der Waals surface area contributed by atoms with Gasteiger partial charge in [-0.05, 0) is 31.8 Å². The van der Waals surface area contributed by atoms with E-state index in [9.17, 15) is 4.79 Å². The number of likely N-dealkylation sites (N-methyl/N-ethyl adjacent to an activating group) is 1. The summed E-state index contributed by atoms with van der Waals surface area (Å²) in [6, 6.07) is 5.04. The van der Waals surface area contributed by atoms with Gasteiger partial charge in [0.15, 0.2) is 0 Å². The molecular formula is C12H20N4O. The average molecular weight is 236 g/mol. The summed E-state index contributed by atoms with van der Waals surface area (Å²) in [6.07, 6.45) is 0. The summed E-state index contributed by atoms with van der Waals surface area (Å²) >= 11 is 0. The molecule has 0 atom stereocenters. The van der Waals surface area contributed by atoms with Crippen molar-refractivity contribution < 1.29 is 4.79 Å². The minimum absolute atomic E-state index is 0.448. The van der Waals surface area contributed by atoms with E-state index in [2.05, 4.69) is 17.1 Å². The predicted molar refractivity (Wildman–Crippen MR) is 71.0 cm³/mol. The quantitative estimate of drug-likeness (QED) is 0.636. The zero-order valence-corrected chi connectivity index (χ0v) is 10.4. The highest BCUT2D eigenvalue weighted by molar-refractivity contribution is 5.99. The van der Waals surface area contributed by atoms with Gasteiger partial charge in [0.2, 0.25) is 0 Å². The first-order chi connectivity index (χ1) is 8.04. The number of rotatable bonds is 6. The van der Waals surface area contributed by atoms with Crippen molar-refractivity contribution in [1.29, 1.82) is 0 Å². The summed E-state index contributed by atoms with van der Waals surface area (Å²) in [6.45, 7) is 4.72. The smallest absolute Gasteiger partial charge is 0.250 e. The normalized spacial score (nSPS) is 10.5. The number of nitrogen functional groups attached to an aromatic ring is 1. The summed E-state index contributed by atoms with van der Waals surface area (Å²) in [5.74, 6) is -0.448. The third-order valence-electron chi connectivity index (χ3n) is 2.66. The van der Waals surface area contributed by atoms with Gasteiger partial charge in [-0.15, -0.1) is 0 Å². The molecule has 94 valence electrons. The van der Waals surface area contributed by atoms with Gasteiger partial charge in [-0.3, -0.25) is 4.79 Å². The number of nitrogens with zero attached hydrogens (tertiary/aromatic N) is 1. The van der Waals surface area contributed by atoms with Gasteiger partial charge in [0, 0.05) is 24.5 Å². The van der Waals surface area contributed by atoms with Crippen LogP contribution < -0.4 is 16.8 Å². The van der Waals surface area contributed by atoms with Crippen molar-refractivity contribution in [1.82, 2.24) is 4.90 Å². The van der Waals surface area contributed by atoms with Gasteiger partial charge in [-0.25, -0.2) is 0 Å². The molecular weight excluding hydrogens is 216 g/mol. The maximum atomic E-state index is 11.2. The molecule has 5 N–H and O–H groups in total. The van der Waals surface area contributed by atoms with Gasteiger partial charge in [-0.1, -0.05) is 6.92 Å². The molecule has 0 saturated carbocycles. The number of amides is 1. The average Bonchev–Trinajstić information content (AvgIpc) is 2.28. The SMILES string of the molecule is CCN(C)CCNc1cc(N)ccc1C(N)=O. The molecule has 1 aromatic rings. The Morgan fingerprint density at radius 2 is 2.18 bits per heavy atom. The fourth-order valence-electron chi connectivity index (χ4n) is 1.46. The van der Waals surface area contributed by atoms with E-state index in [0.29, 0.717) is 16.9 Å². The first-order valence-corrected chi connectivity index (χ1v) is 5.66. The van der Waals surface area contributed by atoms with E-state index in [1.54, 1.807) is 18.2 Å². The zero-order chi connectivity index (χ0) is 12.8. The topological polar surface area (TPSA) is 84.4 Å². The lowest BCUT2D eigenvalue weighted by atomic mass is 10.1. The first-order valence-electron chi connectivity index (χ1n) is 5.66. The summed E-state index contributed by atoms with van der Waals surface area (Å²) < 4.78 is 0. The number of nitrogens with one attached hydrogen (secondary N) is 1. The van der Waals surface area contributed by atoms with E-state index in [1.807, 2.05) is 7.05 Å². The molecule has 1 amide bonds. The van der Waals surface area contributed by atoms with Crippen LogP contribution in [0.25, 0.3) is 0 Å². The fourth-order valence-corrected chi connectivity index (χ4v) is 1.46. The molecule has 5 nitrogen and oxygen atoms in total. The second-order valence-corrected chi connectivity index (χ2v) is 3.99. The van der Waals surface area contributed by atoms with E-state index in [-0.39, 0.29) is 0 Å². The Kier molecular flexibility index (Phi) is 4.78. The molecule has 0 bridgehead atoms. The maximum absolute atomic E-state index is 11.2. The van der Waals surface area contributed by atoms with Crippen LogP contribution in [0.3, 0.4) is 0 Å². The van der Waals surface area contributed by atoms with Gasteiger partial charge in [0.1, 0.15) is 0 Å². The van der Waals surface area contributed by atoms with Crippen molar-refractivity contribution >= 4 is 17.3 Å². The van der Waals surface area contributed by atoms with Crippen LogP contribution in [-0.4, -0.2) is 37.5 Å². The molecule has 0 radical (unpaired) electrons. The van der Waals surface area contributed by atoms with Crippen LogP contribution in [0.4, 0.5) is 11.4 Å². The molecule has 0 aliphatic rings. The summed E-state index contributed by atoms with van der Waals surface area (Å²) in [5.41, 5.74) is 12.8.